The molecular formula is C26H31FN4O2. The zero-order valence-electron chi connectivity index (χ0n) is 21.7. The lowest BCUT2D eigenvalue weighted by Crippen LogP contribution is -2.35. The largest absolute Gasteiger partial charge is 0.494 e. The summed E-state index contributed by atoms with van der Waals surface area (Å²) >= 11 is 0. The molecule has 0 bridgehead atoms. The van der Waals surface area contributed by atoms with E-state index in [4.69, 9.17) is 18.6 Å². The summed E-state index contributed by atoms with van der Waals surface area (Å²) in [7, 11) is -0.878. The van der Waals surface area contributed by atoms with Gasteiger partial charge in [0.25, 0.3) is 0 Å². The first kappa shape index (κ1) is 18.5. The number of nitrogens with one attached hydrogen (secondary N) is 2. The molecular weight excluding hydrogens is 419 g/mol. The molecule has 2 aliphatic heterocycles. The molecule has 0 radical (unpaired) electrons. The third-order valence-electron chi connectivity index (χ3n) is 6.74. The summed E-state index contributed by atoms with van der Waals surface area (Å²) < 4.78 is 47.8. The number of nitrogens with zero attached hydrogens (tertiary/aromatic N) is 2. The predicted molar refractivity (Wildman–Crippen MR) is 130 cm³/mol. The van der Waals surface area contributed by atoms with E-state index in [1.807, 2.05) is 37.4 Å². The van der Waals surface area contributed by atoms with Crippen LogP contribution in [0.5, 0.6) is 11.5 Å². The molecule has 2 N–H and O–H groups in total. The number of hydrogen-bond donors (Lipinski definition) is 2. The Morgan fingerprint density at radius 1 is 1.21 bits per heavy atom. The van der Waals surface area contributed by atoms with Crippen molar-refractivity contribution in [2.24, 2.45) is 11.8 Å². The van der Waals surface area contributed by atoms with E-state index in [0.29, 0.717) is 29.3 Å². The number of pyridine rings is 1. The molecule has 0 aliphatic carbocycles. The van der Waals surface area contributed by atoms with Crippen LogP contribution in [0.3, 0.4) is 0 Å². The SMILES string of the molecule is [2H]C([2H])([2H])Oc1cc2nc(-c3ccc(OCCNC)cc3)cc(N3CC4CCNCC4C3)c2cc1F. The van der Waals surface area contributed by atoms with Crippen molar-refractivity contribution >= 4 is 16.6 Å². The van der Waals surface area contributed by atoms with Crippen molar-refractivity contribution in [2.45, 2.75) is 6.42 Å². The zero-order chi connectivity index (χ0) is 25.3. The summed E-state index contributed by atoms with van der Waals surface area (Å²) in [6, 6.07) is 12.5. The van der Waals surface area contributed by atoms with E-state index in [1.165, 1.54) is 12.1 Å². The van der Waals surface area contributed by atoms with Gasteiger partial charge in [0.2, 0.25) is 0 Å². The summed E-state index contributed by atoms with van der Waals surface area (Å²) in [5, 5.41) is 7.18. The predicted octanol–water partition coefficient (Wildman–Crippen LogP) is 3.69. The molecule has 7 heteroatoms. The molecule has 1 aromatic heterocycles. The number of fused-ring (bicyclic) bond motifs is 2. The molecule has 5 rings (SSSR count). The van der Waals surface area contributed by atoms with Crippen LogP contribution >= 0.6 is 0 Å². The monoisotopic (exact) mass is 453 g/mol. The van der Waals surface area contributed by atoms with Gasteiger partial charge < -0.3 is 25.0 Å². The van der Waals surface area contributed by atoms with E-state index in [2.05, 4.69) is 15.5 Å². The second-order valence-electron chi connectivity index (χ2n) is 8.82. The van der Waals surface area contributed by atoms with Crippen LogP contribution in [0.2, 0.25) is 0 Å². The molecule has 174 valence electrons. The van der Waals surface area contributed by atoms with Crippen LogP contribution in [0, 0.1) is 17.7 Å². The minimum Gasteiger partial charge on any atom is -0.494 e. The van der Waals surface area contributed by atoms with Gasteiger partial charge in [0.15, 0.2) is 11.6 Å². The molecule has 2 saturated heterocycles. The van der Waals surface area contributed by atoms with Crippen molar-refractivity contribution in [3.05, 3.63) is 48.3 Å². The number of aromatic nitrogens is 1. The fourth-order valence-corrected chi connectivity index (χ4v) is 4.96. The fraction of sp³-hybridized carbons (Fsp3) is 0.423. The first-order valence-corrected chi connectivity index (χ1v) is 11.5. The van der Waals surface area contributed by atoms with E-state index in [0.717, 1.165) is 61.8 Å². The highest BCUT2D eigenvalue weighted by atomic mass is 19.1. The number of piperidine rings is 1. The van der Waals surface area contributed by atoms with Gasteiger partial charge in [-0.05, 0) is 74.8 Å². The number of methoxy groups -OCH3 is 1. The molecule has 3 heterocycles. The second kappa shape index (κ2) is 9.53. The fourth-order valence-electron chi connectivity index (χ4n) is 4.96. The van der Waals surface area contributed by atoms with Crippen LogP contribution in [0.4, 0.5) is 10.1 Å². The standard InChI is InChI=1S/C26H31FN4O2/c1-28-9-10-33-20-5-3-17(4-6-20)23-12-25(31-15-18-7-8-29-14-19(18)16-31)21-11-22(27)26(32-2)13-24(21)30-23/h3-6,11-13,18-19,28-29H,7-10,14-16H2,1-2H3/i2D3. The molecule has 0 spiro atoms. The van der Waals surface area contributed by atoms with E-state index < -0.39 is 12.9 Å². The van der Waals surface area contributed by atoms with Gasteiger partial charge in [0.1, 0.15) is 12.4 Å². The minimum atomic E-state index is -2.75. The van der Waals surface area contributed by atoms with Crippen molar-refractivity contribution in [1.29, 1.82) is 0 Å². The van der Waals surface area contributed by atoms with E-state index in [9.17, 15) is 4.39 Å². The molecule has 2 fully saturated rings. The summed E-state index contributed by atoms with van der Waals surface area (Å²) in [5.41, 5.74) is 3.00. The van der Waals surface area contributed by atoms with Crippen LogP contribution in [-0.4, -0.2) is 58.4 Å². The van der Waals surface area contributed by atoms with E-state index in [1.54, 1.807) is 0 Å². The minimum absolute atomic E-state index is 0.328. The van der Waals surface area contributed by atoms with Crippen LogP contribution in [0.25, 0.3) is 22.2 Å². The third-order valence-corrected chi connectivity index (χ3v) is 6.74. The van der Waals surface area contributed by atoms with Gasteiger partial charge >= 0.3 is 0 Å². The number of benzene rings is 2. The quantitative estimate of drug-likeness (QED) is 0.532. The normalized spacial score (nSPS) is 21.9. The van der Waals surface area contributed by atoms with Crippen molar-refractivity contribution in [3.8, 4) is 22.8 Å². The van der Waals surface area contributed by atoms with E-state index in [-0.39, 0.29) is 5.75 Å². The van der Waals surface area contributed by atoms with Crippen LogP contribution < -0.4 is 25.0 Å². The summed E-state index contributed by atoms with van der Waals surface area (Å²) in [6.45, 7) is 5.10. The Balaban J connectivity index is 1.55. The Bertz CT molecular complexity index is 1210. The number of anilines is 1. The number of hydrogen-bond acceptors (Lipinski definition) is 6. The average molecular weight is 454 g/mol. The average Bonchev–Trinajstić information content (AvgIpc) is 3.28. The zero-order valence-corrected chi connectivity index (χ0v) is 18.7. The number of likely N-dealkylation sites (N-methyl/N-ethyl adjacent to an activating group) is 1. The Morgan fingerprint density at radius 3 is 2.85 bits per heavy atom. The molecule has 2 unspecified atom stereocenters. The van der Waals surface area contributed by atoms with Crippen molar-refractivity contribution in [1.82, 2.24) is 15.6 Å². The lowest BCUT2D eigenvalue weighted by molar-refractivity contribution is 0.318. The van der Waals surface area contributed by atoms with E-state index >= 15 is 0 Å². The molecule has 2 atom stereocenters. The molecule has 2 aromatic carbocycles. The number of halogens is 1. The van der Waals surface area contributed by atoms with Gasteiger partial charge in [-0.2, -0.15) is 0 Å². The van der Waals surface area contributed by atoms with Crippen LogP contribution in [0.1, 0.15) is 10.5 Å². The molecule has 0 amide bonds. The topological polar surface area (TPSA) is 58.7 Å². The highest BCUT2D eigenvalue weighted by Gasteiger charge is 2.35. The smallest absolute Gasteiger partial charge is 0.165 e. The van der Waals surface area contributed by atoms with Gasteiger partial charge in [0, 0.05) is 42.3 Å². The molecule has 33 heavy (non-hydrogen) atoms. The first-order chi connectivity index (χ1) is 17.3. The molecule has 6 nitrogen and oxygen atoms in total. The Hall–Kier alpha value is -2.90. The Labute approximate surface area is 198 Å². The third kappa shape index (κ3) is 4.48. The Morgan fingerprint density at radius 2 is 2.06 bits per heavy atom. The van der Waals surface area contributed by atoms with Crippen molar-refractivity contribution < 1.29 is 18.0 Å². The maximum atomic E-state index is 15.0. The van der Waals surface area contributed by atoms with Gasteiger partial charge in [-0.15, -0.1) is 0 Å². The summed E-state index contributed by atoms with van der Waals surface area (Å²) in [5.74, 6) is 0.862. The highest BCUT2D eigenvalue weighted by molar-refractivity contribution is 5.95. The summed E-state index contributed by atoms with van der Waals surface area (Å²) in [4.78, 5) is 7.10. The second-order valence-corrected chi connectivity index (χ2v) is 8.82. The highest BCUT2D eigenvalue weighted by Crippen LogP contribution is 2.39. The van der Waals surface area contributed by atoms with Crippen LogP contribution in [-0.2, 0) is 0 Å². The molecule has 2 aliphatic rings. The van der Waals surface area contributed by atoms with Gasteiger partial charge in [-0.25, -0.2) is 9.37 Å². The summed E-state index contributed by atoms with van der Waals surface area (Å²) in [6.07, 6.45) is 1.12. The number of rotatable bonds is 7. The van der Waals surface area contributed by atoms with Gasteiger partial charge in [0.05, 0.1) is 22.4 Å². The first-order valence-electron chi connectivity index (χ1n) is 13.0. The van der Waals surface area contributed by atoms with Gasteiger partial charge in [-0.1, -0.05) is 0 Å². The maximum Gasteiger partial charge on any atom is 0.165 e. The molecule has 3 aromatic rings. The lowest BCUT2D eigenvalue weighted by atomic mass is 9.90. The molecule has 0 saturated carbocycles. The van der Waals surface area contributed by atoms with Gasteiger partial charge in [-0.3, -0.25) is 0 Å². The van der Waals surface area contributed by atoms with Crippen molar-refractivity contribution in [2.75, 3.05) is 58.3 Å². The number of ether oxygens (including phenoxy) is 2. The van der Waals surface area contributed by atoms with Crippen LogP contribution in [0.15, 0.2) is 42.5 Å². The maximum absolute atomic E-state index is 15.0. The Kier molecular flexibility index (Phi) is 5.35. The van der Waals surface area contributed by atoms with Crippen molar-refractivity contribution in [3.63, 3.8) is 0 Å². The lowest BCUT2D eigenvalue weighted by Gasteiger charge is -2.23.